The molecule has 6 rings (SSSR count). The van der Waals surface area contributed by atoms with Crippen molar-refractivity contribution in [2.24, 2.45) is 22.9 Å². The zero-order valence-corrected chi connectivity index (χ0v) is 34.8. The molecule has 1 saturated heterocycles. The molecule has 0 spiro atoms. The lowest BCUT2D eigenvalue weighted by atomic mass is 9.80. The average molecular weight is 825 g/mol. The Hall–Kier alpha value is -5.20. The summed E-state index contributed by atoms with van der Waals surface area (Å²) < 4.78 is 29.1. The van der Waals surface area contributed by atoms with Crippen molar-refractivity contribution in [3.63, 3.8) is 0 Å². The zero-order chi connectivity index (χ0) is 43.5. The first-order valence-corrected chi connectivity index (χ1v) is 19.4. The third kappa shape index (κ3) is 9.18. The maximum absolute atomic E-state index is 14.3. The van der Waals surface area contributed by atoms with Crippen LogP contribution in [0.3, 0.4) is 0 Å². The summed E-state index contributed by atoms with van der Waals surface area (Å²) in [4.78, 5) is 42.5. The number of esters is 1. The van der Waals surface area contributed by atoms with E-state index in [-0.39, 0.29) is 38.9 Å². The zero-order valence-electron chi connectivity index (χ0n) is 34.8. The summed E-state index contributed by atoms with van der Waals surface area (Å²) in [5, 5.41) is 66.3. The molecule has 2 aromatic carbocycles. The van der Waals surface area contributed by atoms with E-state index in [1.54, 1.807) is 37.9 Å². The predicted molar refractivity (Wildman–Crippen MR) is 217 cm³/mol. The number of fused-ring (bicyclic) bond motifs is 14. The highest BCUT2D eigenvalue weighted by Crippen LogP contribution is 2.53. The second kappa shape index (κ2) is 18.4. The fourth-order valence-electron chi connectivity index (χ4n) is 7.62. The lowest BCUT2D eigenvalue weighted by Gasteiger charge is -2.38. The summed E-state index contributed by atoms with van der Waals surface area (Å²) in [5.41, 5.74) is -0.487. The van der Waals surface area contributed by atoms with Gasteiger partial charge in [0, 0.05) is 89.0 Å². The molecule has 0 radical (unpaired) electrons. The Morgan fingerprint density at radius 3 is 2.27 bits per heavy atom. The maximum atomic E-state index is 14.3. The third-order valence-electron chi connectivity index (χ3n) is 11.4. The highest BCUT2D eigenvalue weighted by molar-refractivity contribution is 6.23. The molecular weight excluding hydrogens is 768 g/mol. The minimum absolute atomic E-state index is 0.149. The summed E-state index contributed by atoms with van der Waals surface area (Å²) in [6.07, 6.45) is 3.05. The predicted octanol–water partition coefficient (Wildman–Crippen LogP) is 3.41. The number of hydrazone groups is 1. The molecular formula is C42H56N4O13. The number of Topliss-reactive ketones (excluding diaryl/α,β-unsaturated/α-hetero) is 1. The topological polar surface area (TPSA) is 229 Å². The normalized spacial score (nSPS) is 30.1. The molecule has 0 aliphatic carbocycles. The fraction of sp³-hybridized carbons (Fsp3) is 0.524. The molecule has 0 saturated carbocycles. The molecule has 322 valence electrons. The van der Waals surface area contributed by atoms with Gasteiger partial charge >= 0.3 is 11.8 Å². The first-order valence-electron chi connectivity index (χ1n) is 19.4. The van der Waals surface area contributed by atoms with Crippen molar-refractivity contribution in [3.8, 4) is 23.0 Å². The number of carbonyl (C=O) groups excluding carboxylic acids is 3. The van der Waals surface area contributed by atoms with E-state index < -0.39 is 89.0 Å². The Labute approximate surface area is 343 Å². The van der Waals surface area contributed by atoms with Gasteiger partial charge in [0.1, 0.15) is 35.6 Å². The number of aliphatic hydroxyl groups excluding tert-OH is 2. The Kier molecular flexibility index (Phi) is 14.0. The number of rotatable bonds is 5. The van der Waals surface area contributed by atoms with Crippen LogP contribution < -0.4 is 10.1 Å². The number of ketones is 1. The summed E-state index contributed by atoms with van der Waals surface area (Å²) >= 11 is 0. The highest BCUT2D eigenvalue weighted by Gasteiger charge is 2.49. The van der Waals surface area contributed by atoms with Crippen LogP contribution in [-0.4, -0.2) is 143 Å². The van der Waals surface area contributed by atoms with Crippen LogP contribution in [0.15, 0.2) is 47.3 Å². The SMILES string of the molecule is COC1C=COC2(C)Oc3cc(O)c4c(O)c(c(/C=N/N5CCN(C)CC5)c(O)c4c3C2=O)NC(=O)C(C)=CC=CC(C)C(O)C(C)C(O)C(C)C(OC(C)=O)C1OC. The van der Waals surface area contributed by atoms with E-state index in [4.69, 9.17) is 23.7 Å². The standard InChI is InChI=1S/C42H56N4O13/c1-21-11-10-12-22(2)41(54)44-33-26(20-43-46-16-14-45(7)15-17-46)36(51)32-30(37(33)52)27(48)19-29-31(32)40(53)42(6,59-29)57-18-13-28(55-8)39(56-9)38(58-25(5)47)24(4)35(50)23(3)34(21)49/h10-13,18-21,23-24,28,34-35,38-39,48-52H,14-17H2,1-9H3,(H,44,54)/b11-10?,18-13?,22-12?,43-20+. The van der Waals surface area contributed by atoms with Gasteiger partial charge < -0.3 is 59.4 Å². The molecule has 2 aromatic rings. The highest BCUT2D eigenvalue weighted by atomic mass is 16.7. The molecule has 0 aromatic heterocycles. The lowest BCUT2D eigenvalue weighted by Crippen LogP contribution is -2.50. The quantitative estimate of drug-likeness (QED) is 0.110. The molecule has 1 amide bonds. The van der Waals surface area contributed by atoms with Crippen LogP contribution in [0.5, 0.6) is 23.0 Å². The number of amides is 1. The Morgan fingerprint density at radius 2 is 1.64 bits per heavy atom. The molecule has 4 aliphatic rings. The molecule has 17 heteroatoms. The number of aliphatic hydroxyl groups is 2. The molecule has 5 bridgehead atoms. The summed E-state index contributed by atoms with van der Waals surface area (Å²) in [7, 11) is 4.72. The van der Waals surface area contributed by atoms with E-state index in [9.17, 15) is 39.9 Å². The first kappa shape index (κ1) is 44.9. The number of carbonyl (C=O) groups is 3. The number of piperazine rings is 1. The number of aromatic hydroxyl groups is 3. The van der Waals surface area contributed by atoms with Crippen molar-refractivity contribution < 1.29 is 63.6 Å². The molecule has 59 heavy (non-hydrogen) atoms. The third-order valence-corrected chi connectivity index (χ3v) is 11.4. The second-order valence-corrected chi connectivity index (χ2v) is 15.6. The van der Waals surface area contributed by atoms with Crippen LogP contribution in [0.25, 0.3) is 10.8 Å². The number of phenols is 3. The molecule has 1 fully saturated rings. The van der Waals surface area contributed by atoms with Gasteiger partial charge in [0.25, 0.3) is 11.7 Å². The number of phenolic OH excluding ortho intramolecular Hbond substituents is 3. The van der Waals surface area contributed by atoms with Gasteiger partial charge in [0.05, 0.1) is 46.9 Å². The smallest absolute Gasteiger partial charge is 0.312 e. The molecule has 6 N–H and O–H groups in total. The number of ether oxygens (including phenoxy) is 5. The van der Waals surface area contributed by atoms with Crippen LogP contribution in [0, 0.1) is 17.8 Å². The van der Waals surface area contributed by atoms with Gasteiger partial charge in [0.2, 0.25) is 0 Å². The van der Waals surface area contributed by atoms with Crippen LogP contribution >= 0.6 is 0 Å². The summed E-state index contributed by atoms with van der Waals surface area (Å²) in [6.45, 7) is 11.6. The molecule has 17 nitrogen and oxygen atoms in total. The number of likely N-dealkylation sites (N-methyl/N-ethyl adjacent to an activating group) is 1. The van der Waals surface area contributed by atoms with Crippen molar-refractivity contribution >= 4 is 40.3 Å². The minimum Gasteiger partial charge on any atom is -0.507 e. The average Bonchev–Trinajstić information content (AvgIpc) is 3.44. The van der Waals surface area contributed by atoms with E-state index in [1.165, 1.54) is 53.4 Å². The monoisotopic (exact) mass is 824 g/mol. The van der Waals surface area contributed by atoms with Crippen molar-refractivity contribution in [1.82, 2.24) is 9.91 Å². The number of methoxy groups -OCH3 is 2. The van der Waals surface area contributed by atoms with Crippen LogP contribution in [0.1, 0.15) is 57.5 Å². The number of hydrogen-bond donors (Lipinski definition) is 6. The number of anilines is 1. The summed E-state index contributed by atoms with van der Waals surface area (Å²) in [5.74, 6) is -8.27. The van der Waals surface area contributed by atoms with E-state index in [2.05, 4.69) is 15.3 Å². The minimum atomic E-state index is -2.08. The van der Waals surface area contributed by atoms with Gasteiger partial charge in [-0.2, -0.15) is 5.10 Å². The van der Waals surface area contributed by atoms with Crippen LogP contribution in [0.2, 0.25) is 0 Å². The van der Waals surface area contributed by atoms with Crippen LogP contribution in [0.4, 0.5) is 5.69 Å². The van der Waals surface area contributed by atoms with E-state index in [0.29, 0.717) is 26.2 Å². The van der Waals surface area contributed by atoms with Gasteiger partial charge in [-0.15, -0.1) is 0 Å². The van der Waals surface area contributed by atoms with Gasteiger partial charge in [0.15, 0.2) is 5.75 Å². The van der Waals surface area contributed by atoms with Crippen molar-refractivity contribution in [1.29, 1.82) is 0 Å². The van der Waals surface area contributed by atoms with E-state index in [0.717, 1.165) is 12.3 Å². The Bertz CT molecular complexity index is 2040. The van der Waals surface area contributed by atoms with Gasteiger partial charge in [-0.3, -0.25) is 19.4 Å². The number of nitrogens with one attached hydrogen (secondary N) is 1. The van der Waals surface area contributed by atoms with Crippen molar-refractivity contribution in [3.05, 3.63) is 53.3 Å². The van der Waals surface area contributed by atoms with Crippen molar-refractivity contribution in [2.45, 2.75) is 77.8 Å². The van der Waals surface area contributed by atoms with Gasteiger partial charge in [-0.1, -0.05) is 39.0 Å². The number of benzene rings is 2. The number of hydrogen-bond acceptors (Lipinski definition) is 16. The Morgan fingerprint density at radius 1 is 0.966 bits per heavy atom. The Balaban J connectivity index is 1.69. The largest absolute Gasteiger partial charge is 0.507 e. The first-order chi connectivity index (χ1) is 27.8. The molecule has 9 unspecified atom stereocenters. The van der Waals surface area contributed by atoms with E-state index in [1.807, 2.05) is 7.05 Å². The number of nitrogens with zero attached hydrogens (tertiary/aromatic N) is 3. The molecule has 9 atom stereocenters. The lowest BCUT2D eigenvalue weighted by molar-refractivity contribution is -0.173. The maximum Gasteiger partial charge on any atom is 0.312 e. The molecule has 4 heterocycles. The fourth-order valence-corrected chi connectivity index (χ4v) is 7.62. The van der Waals surface area contributed by atoms with Crippen molar-refractivity contribution in [2.75, 3.05) is 52.8 Å². The van der Waals surface area contributed by atoms with Gasteiger partial charge in [-0.05, 0) is 20.0 Å². The second-order valence-electron chi connectivity index (χ2n) is 15.6. The molecule has 4 aliphatic heterocycles. The van der Waals surface area contributed by atoms with Gasteiger partial charge in [-0.25, -0.2) is 0 Å². The number of allylic oxidation sites excluding steroid dienone is 2. The summed E-state index contributed by atoms with van der Waals surface area (Å²) in [6, 6.07) is 1.10. The van der Waals surface area contributed by atoms with Crippen LogP contribution in [-0.2, 0) is 28.5 Å². The van der Waals surface area contributed by atoms with E-state index >= 15 is 0 Å².